The second kappa shape index (κ2) is 4.11. The Balaban J connectivity index is 2.07. The molecule has 3 rings (SSSR count). The molecule has 1 aliphatic heterocycles. The average Bonchev–Trinajstić information content (AvgIpc) is 2.89. The van der Waals surface area contributed by atoms with Crippen LogP contribution in [0.3, 0.4) is 0 Å². The molecular formula is C11H16N6S. The molecule has 18 heavy (non-hydrogen) atoms. The normalized spacial score (nSPS) is 20.1. The van der Waals surface area contributed by atoms with Crippen molar-refractivity contribution in [1.29, 1.82) is 0 Å². The van der Waals surface area contributed by atoms with Crippen molar-refractivity contribution in [3.05, 3.63) is 16.4 Å². The summed E-state index contributed by atoms with van der Waals surface area (Å²) < 4.78 is 2.13. The SMILES string of the molecule is Cc1nc(-c2nnc3n2CCN(N)[C@@H]3C)sc1C. The van der Waals surface area contributed by atoms with E-state index < -0.39 is 0 Å². The van der Waals surface area contributed by atoms with Gasteiger partial charge in [-0.25, -0.2) is 9.99 Å². The number of nitrogens with zero attached hydrogens (tertiary/aromatic N) is 5. The molecule has 2 N–H and O–H groups in total. The Morgan fingerprint density at radius 2 is 2.06 bits per heavy atom. The standard InChI is InChI=1S/C11H16N6S/c1-6-8(3)18-11(13-6)10-15-14-9-7(2)17(12)5-4-16(9)10/h7H,4-5,12H2,1-3H3/t7-/m1/s1. The molecule has 0 unspecified atom stereocenters. The van der Waals surface area contributed by atoms with E-state index in [1.165, 1.54) is 4.88 Å². The number of rotatable bonds is 1. The summed E-state index contributed by atoms with van der Waals surface area (Å²) in [6, 6.07) is 0.0992. The Labute approximate surface area is 109 Å². The molecule has 1 atom stereocenters. The van der Waals surface area contributed by atoms with Gasteiger partial charge in [-0.3, -0.25) is 5.84 Å². The van der Waals surface area contributed by atoms with Gasteiger partial charge in [0.25, 0.3) is 0 Å². The molecule has 0 amide bonds. The van der Waals surface area contributed by atoms with Gasteiger partial charge in [0.2, 0.25) is 0 Å². The highest BCUT2D eigenvalue weighted by atomic mass is 32.1. The molecule has 1 aliphatic rings. The number of nitrogens with two attached hydrogens (primary N) is 1. The van der Waals surface area contributed by atoms with Crippen LogP contribution in [-0.2, 0) is 6.54 Å². The van der Waals surface area contributed by atoms with E-state index in [9.17, 15) is 0 Å². The highest BCUT2D eigenvalue weighted by Gasteiger charge is 2.27. The first-order chi connectivity index (χ1) is 8.58. The van der Waals surface area contributed by atoms with Crippen LogP contribution in [0.1, 0.15) is 29.4 Å². The van der Waals surface area contributed by atoms with Gasteiger partial charge in [0.15, 0.2) is 16.7 Å². The minimum Gasteiger partial charge on any atom is -0.306 e. The Bertz CT molecular complexity index is 567. The number of fused-ring (bicyclic) bond motifs is 1. The zero-order valence-electron chi connectivity index (χ0n) is 10.7. The summed E-state index contributed by atoms with van der Waals surface area (Å²) in [5.74, 6) is 7.70. The number of hydrogen-bond acceptors (Lipinski definition) is 6. The molecule has 0 aliphatic carbocycles. The van der Waals surface area contributed by atoms with Gasteiger partial charge in [-0.1, -0.05) is 0 Å². The van der Waals surface area contributed by atoms with Crippen LogP contribution in [0.4, 0.5) is 0 Å². The van der Waals surface area contributed by atoms with E-state index in [0.717, 1.165) is 35.4 Å². The summed E-state index contributed by atoms with van der Waals surface area (Å²) in [6.07, 6.45) is 0. The minimum absolute atomic E-state index is 0.0992. The van der Waals surface area contributed by atoms with Gasteiger partial charge >= 0.3 is 0 Å². The van der Waals surface area contributed by atoms with Crippen LogP contribution >= 0.6 is 11.3 Å². The van der Waals surface area contributed by atoms with Crippen molar-refractivity contribution >= 4 is 11.3 Å². The fraction of sp³-hybridized carbons (Fsp3) is 0.545. The lowest BCUT2D eigenvalue weighted by molar-refractivity contribution is 0.168. The molecule has 0 saturated carbocycles. The van der Waals surface area contributed by atoms with Crippen molar-refractivity contribution < 1.29 is 0 Å². The number of aryl methyl sites for hydroxylation is 2. The average molecular weight is 264 g/mol. The van der Waals surface area contributed by atoms with Gasteiger partial charge in [0.05, 0.1) is 11.7 Å². The van der Waals surface area contributed by atoms with Crippen LogP contribution < -0.4 is 5.84 Å². The smallest absolute Gasteiger partial charge is 0.193 e. The molecule has 2 aromatic rings. The molecule has 3 heterocycles. The van der Waals surface area contributed by atoms with Crippen molar-refractivity contribution in [3.63, 3.8) is 0 Å². The van der Waals surface area contributed by atoms with Crippen molar-refractivity contribution in [1.82, 2.24) is 24.8 Å². The molecule has 0 radical (unpaired) electrons. The first kappa shape index (κ1) is 11.8. The van der Waals surface area contributed by atoms with Gasteiger partial charge < -0.3 is 4.57 Å². The molecule has 0 spiro atoms. The third-order valence-corrected chi connectivity index (χ3v) is 4.52. The van der Waals surface area contributed by atoms with E-state index in [1.807, 2.05) is 13.8 Å². The fourth-order valence-electron chi connectivity index (χ4n) is 2.13. The second-order valence-electron chi connectivity index (χ2n) is 4.61. The van der Waals surface area contributed by atoms with E-state index in [0.29, 0.717) is 0 Å². The van der Waals surface area contributed by atoms with Crippen molar-refractivity contribution in [2.75, 3.05) is 6.54 Å². The Kier molecular flexibility index (Phi) is 2.69. The van der Waals surface area contributed by atoms with Gasteiger partial charge in [-0.2, -0.15) is 0 Å². The fourth-order valence-corrected chi connectivity index (χ4v) is 3.04. The first-order valence-corrected chi connectivity index (χ1v) is 6.78. The molecule has 6 nitrogen and oxygen atoms in total. The van der Waals surface area contributed by atoms with E-state index in [-0.39, 0.29) is 6.04 Å². The lowest BCUT2D eigenvalue weighted by Crippen LogP contribution is -2.41. The maximum atomic E-state index is 5.91. The van der Waals surface area contributed by atoms with Gasteiger partial charge in [-0.05, 0) is 20.8 Å². The predicted octanol–water partition coefficient (Wildman–Crippen LogP) is 1.27. The topological polar surface area (TPSA) is 72.9 Å². The van der Waals surface area contributed by atoms with E-state index in [1.54, 1.807) is 16.3 Å². The van der Waals surface area contributed by atoms with Crippen LogP contribution in [0.2, 0.25) is 0 Å². The number of hydrazine groups is 1. The summed E-state index contributed by atoms with van der Waals surface area (Å²) in [6.45, 7) is 7.77. The van der Waals surface area contributed by atoms with Crippen LogP contribution in [-0.4, -0.2) is 31.3 Å². The lowest BCUT2D eigenvalue weighted by atomic mass is 10.2. The maximum absolute atomic E-state index is 5.91. The van der Waals surface area contributed by atoms with Crippen molar-refractivity contribution in [2.24, 2.45) is 5.84 Å². The molecule has 0 aromatic carbocycles. The minimum atomic E-state index is 0.0992. The summed E-state index contributed by atoms with van der Waals surface area (Å²) in [4.78, 5) is 5.78. The number of aromatic nitrogens is 4. The van der Waals surface area contributed by atoms with Crippen LogP contribution in [0, 0.1) is 13.8 Å². The third-order valence-electron chi connectivity index (χ3n) is 3.45. The molecule has 7 heteroatoms. The highest BCUT2D eigenvalue weighted by molar-refractivity contribution is 7.15. The number of hydrogen-bond donors (Lipinski definition) is 1. The van der Waals surface area contributed by atoms with E-state index >= 15 is 0 Å². The molecule has 96 valence electrons. The maximum Gasteiger partial charge on any atom is 0.193 e. The summed E-state index contributed by atoms with van der Waals surface area (Å²) in [7, 11) is 0. The third kappa shape index (κ3) is 1.66. The summed E-state index contributed by atoms with van der Waals surface area (Å²) in [5, 5.41) is 11.3. The second-order valence-corrected chi connectivity index (χ2v) is 5.81. The van der Waals surface area contributed by atoms with Gasteiger partial charge in [0.1, 0.15) is 0 Å². The highest BCUT2D eigenvalue weighted by Crippen LogP contribution is 2.30. The molecule has 0 bridgehead atoms. The lowest BCUT2D eigenvalue weighted by Gasteiger charge is -2.29. The Morgan fingerprint density at radius 3 is 2.72 bits per heavy atom. The largest absolute Gasteiger partial charge is 0.306 e. The molecule has 0 fully saturated rings. The number of thiazole rings is 1. The predicted molar refractivity (Wildman–Crippen MR) is 69.9 cm³/mol. The van der Waals surface area contributed by atoms with Crippen LogP contribution in [0.15, 0.2) is 0 Å². The summed E-state index contributed by atoms with van der Waals surface area (Å²) >= 11 is 1.67. The van der Waals surface area contributed by atoms with Crippen molar-refractivity contribution in [2.45, 2.75) is 33.4 Å². The Morgan fingerprint density at radius 1 is 1.28 bits per heavy atom. The van der Waals surface area contributed by atoms with Crippen LogP contribution in [0.25, 0.3) is 10.8 Å². The van der Waals surface area contributed by atoms with Crippen LogP contribution in [0.5, 0.6) is 0 Å². The monoisotopic (exact) mass is 264 g/mol. The Hall–Kier alpha value is -1.31. The van der Waals surface area contributed by atoms with Gasteiger partial charge in [-0.15, -0.1) is 21.5 Å². The first-order valence-electron chi connectivity index (χ1n) is 5.96. The van der Waals surface area contributed by atoms with Gasteiger partial charge in [0, 0.05) is 18.0 Å². The molecule has 2 aromatic heterocycles. The zero-order valence-corrected chi connectivity index (χ0v) is 11.5. The van der Waals surface area contributed by atoms with E-state index in [2.05, 4.69) is 26.7 Å². The summed E-state index contributed by atoms with van der Waals surface area (Å²) in [5.41, 5.74) is 1.07. The van der Waals surface area contributed by atoms with E-state index in [4.69, 9.17) is 5.84 Å². The molecule has 0 saturated heterocycles. The zero-order chi connectivity index (χ0) is 12.9. The quantitative estimate of drug-likeness (QED) is 0.785. The molecular weight excluding hydrogens is 248 g/mol. The van der Waals surface area contributed by atoms with Crippen molar-refractivity contribution in [3.8, 4) is 10.8 Å².